The van der Waals surface area contributed by atoms with Gasteiger partial charge in [0.1, 0.15) is 5.60 Å². The van der Waals surface area contributed by atoms with Gasteiger partial charge < -0.3 is 15.4 Å². The van der Waals surface area contributed by atoms with Gasteiger partial charge in [0.15, 0.2) is 0 Å². The van der Waals surface area contributed by atoms with Crippen LogP contribution >= 0.6 is 0 Å². The van der Waals surface area contributed by atoms with Crippen molar-refractivity contribution in [3.63, 3.8) is 0 Å². The Labute approximate surface area is 100 Å². The van der Waals surface area contributed by atoms with Crippen LogP contribution in [-0.4, -0.2) is 37.3 Å². The predicted octanol–water partition coefficient (Wildman–Crippen LogP) is 1.75. The third kappa shape index (κ3) is 5.30. The fourth-order valence-electron chi connectivity index (χ4n) is 1.75. The highest BCUT2D eigenvalue weighted by atomic mass is 19.3. The molecule has 2 N–H and O–H groups in total. The second kappa shape index (κ2) is 5.62. The first-order chi connectivity index (χ1) is 7.78. The molecule has 1 rings (SSSR count). The van der Waals surface area contributed by atoms with Crippen LogP contribution in [0.1, 0.15) is 27.2 Å². The SMILES string of the molecule is CC(C)(C)OC(=O)N[C@@H]1CNC[C@H](C(F)F)C1. The molecule has 0 aromatic rings. The molecule has 0 radical (unpaired) electrons. The molecule has 4 nitrogen and oxygen atoms in total. The number of carbonyl (C=O) groups excluding carboxylic acids is 1. The molecule has 2 atom stereocenters. The van der Waals surface area contributed by atoms with Crippen molar-refractivity contribution in [2.75, 3.05) is 13.1 Å². The summed E-state index contributed by atoms with van der Waals surface area (Å²) in [5.74, 6) is -0.705. The average molecular weight is 250 g/mol. The number of alkyl carbamates (subject to hydrolysis) is 1. The van der Waals surface area contributed by atoms with E-state index in [1.54, 1.807) is 20.8 Å². The lowest BCUT2D eigenvalue weighted by atomic mass is 9.96. The van der Waals surface area contributed by atoms with Gasteiger partial charge in [0.05, 0.1) is 0 Å². The molecule has 0 aromatic carbocycles. The summed E-state index contributed by atoms with van der Waals surface area (Å²) in [7, 11) is 0. The first-order valence-corrected chi connectivity index (χ1v) is 5.76. The number of hydrogen-bond acceptors (Lipinski definition) is 3. The molecule has 1 saturated heterocycles. The number of ether oxygens (including phenoxy) is 1. The molecule has 6 heteroatoms. The fraction of sp³-hybridized carbons (Fsp3) is 0.909. The molecule has 1 aliphatic heterocycles. The molecule has 0 spiro atoms. The van der Waals surface area contributed by atoms with Crippen molar-refractivity contribution in [3.8, 4) is 0 Å². The standard InChI is InChI=1S/C11H20F2N2O2/c1-11(2,3)17-10(16)15-8-4-7(9(12)13)5-14-6-8/h7-9,14H,4-6H2,1-3H3,(H,15,16)/t7-,8+/m1/s1. The van der Waals surface area contributed by atoms with Crippen LogP contribution in [0.15, 0.2) is 0 Å². The molecule has 100 valence electrons. The van der Waals surface area contributed by atoms with E-state index in [4.69, 9.17) is 4.74 Å². The second-order valence-corrected chi connectivity index (χ2v) is 5.33. The van der Waals surface area contributed by atoms with E-state index in [1.165, 1.54) is 0 Å². The summed E-state index contributed by atoms with van der Waals surface area (Å²) in [6.45, 7) is 6.07. The minimum atomic E-state index is -2.36. The molecule has 0 aliphatic carbocycles. The van der Waals surface area contributed by atoms with Crippen LogP contribution in [0.2, 0.25) is 0 Å². The maximum Gasteiger partial charge on any atom is 0.407 e. The Bertz CT molecular complexity index is 267. The summed E-state index contributed by atoms with van der Waals surface area (Å²) in [6.07, 6.45) is -2.63. The Morgan fingerprint density at radius 1 is 1.41 bits per heavy atom. The quantitative estimate of drug-likeness (QED) is 0.785. The molecule has 0 aromatic heterocycles. The van der Waals surface area contributed by atoms with Crippen molar-refractivity contribution < 1.29 is 18.3 Å². The van der Waals surface area contributed by atoms with Crippen molar-refractivity contribution in [2.45, 2.75) is 45.3 Å². The van der Waals surface area contributed by atoms with E-state index in [2.05, 4.69) is 10.6 Å². The lowest BCUT2D eigenvalue weighted by Crippen LogP contribution is -2.51. The minimum Gasteiger partial charge on any atom is -0.444 e. The van der Waals surface area contributed by atoms with Gasteiger partial charge in [-0.3, -0.25) is 0 Å². The van der Waals surface area contributed by atoms with Crippen LogP contribution < -0.4 is 10.6 Å². The van der Waals surface area contributed by atoms with Gasteiger partial charge in [-0.2, -0.15) is 0 Å². The number of hydrogen-bond donors (Lipinski definition) is 2. The molecule has 1 aliphatic rings. The first kappa shape index (κ1) is 14.2. The second-order valence-electron chi connectivity index (χ2n) is 5.33. The average Bonchev–Trinajstić information content (AvgIpc) is 2.14. The van der Waals surface area contributed by atoms with Gasteiger partial charge in [-0.25, -0.2) is 13.6 Å². The molecule has 0 unspecified atom stereocenters. The molecule has 0 saturated carbocycles. The van der Waals surface area contributed by atoms with Crippen LogP contribution in [0.5, 0.6) is 0 Å². The summed E-state index contributed by atoms with van der Waals surface area (Å²) in [5.41, 5.74) is -0.575. The Morgan fingerprint density at radius 3 is 2.59 bits per heavy atom. The van der Waals surface area contributed by atoms with E-state index < -0.39 is 24.0 Å². The van der Waals surface area contributed by atoms with E-state index in [9.17, 15) is 13.6 Å². The van der Waals surface area contributed by atoms with Gasteiger partial charge in [-0.15, -0.1) is 0 Å². The van der Waals surface area contributed by atoms with Crippen LogP contribution in [0.3, 0.4) is 0 Å². The number of rotatable bonds is 2. The van der Waals surface area contributed by atoms with Crippen molar-refractivity contribution in [3.05, 3.63) is 0 Å². The summed E-state index contributed by atoms with van der Waals surface area (Å²) < 4.78 is 30.1. The topological polar surface area (TPSA) is 50.4 Å². The number of amides is 1. The van der Waals surface area contributed by atoms with Gasteiger partial charge in [0.2, 0.25) is 6.43 Å². The van der Waals surface area contributed by atoms with Crippen LogP contribution in [0.25, 0.3) is 0 Å². The highest BCUT2D eigenvalue weighted by molar-refractivity contribution is 5.68. The van der Waals surface area contributed by atoms with Crippen molar-refractivity contribution >= 4 is 6.09 Å². The highest BCUT2D eigenvalue weighted by Crippen LogP contribution is 2.18. The Kier molecular flexibility index (Phi) is 4.68. The van der Waals surface area contributed by atoms with Gasteiger partial charge in [-0.05, 0) is 27.2 Å². The fourth-order valence-corrected chi connectivity index (χ4v) is 1.75. The number of alkyl halides is 2. The van der Waals surface area contributed by atoms with E-state index in [-0.39, 0.29) is 12.5 Å². The molecule has 1 fully saturated rings. The summed E-state index contributed by atoms with van der Waals surface area (Å²) >= 11 is 0. The highest BCUT2D eigenvalue weighted by Gasteiger charge is 2.29. The number of nitrogens with one attached hydrogen (secondary N) is 2. The van der Waals surface area contributed by atoms with Crippen LogP contribution in [-0.2, 0) is 4.74 Å². The minimum absolute atomic E-state index is 0.282. The number of carbonyl (C=O) groups is 1. The van der Waals surface area contributed by atoms with E-state index in [0.717, 1.165) is 0 Å². The summed E-state index contributed by atoms with van der Waals surface area (Å²) in [6, 6.07) is -0.294. The van der Waals surface area contributed by atoms with Gasteiger partial charge >= 0.3 is 6.09 Å². The zero-order valence-electron chi connectivity index (χ0n) is 10.4. The molecule has 1 amide bonds. The zero-order chi connectivity index (χ0) is 13.1. The van der Waals surface area contributed by atoms with Gasteiger partial charge in [0.25, 0.3) is 0 Å². The molecule has 0 bridgehead atoms. The van der Waals surface area contributed by atoms with Crippen molar-refractivity contribution in [2.24, 2.45) is 5.92 Å². The zero-order valence-corrected chi connectivity index (χ0v) is 10.4. The normalized spacial score (nSPS) is 25.8. The molecule has 1 heterocycles. The van der Waals surface area contributed by atoms with E-state index >= 15 is 0 Å². The van der Waals surface area contributed by atoms with Gasteiger partial charge in [-0.1, -0.05) is 0 Å². The summed E-state index contributed by atoms with van der Waals surface area (Å²) in [4.78, 5) is 11.5. The van der Waals surface area contributed by atoms with Crippen LogP contribution in [0, 0.1) is 5.92 Å². The van der Waals surface area contributed by atoms with Gasteiger partial charge in [0, 0.05) is 25.0 Å². The third-order valence-corrected chi connectivity index (χ3v) is 2.46. The predicted molar refractivity (Wildman–Crippen MR) is 60.1 cm³/mol. The van der Waals surface area contributed by atoms with Crippen molar-refractivity contribution in [1.82, 2.24) is 10.6 Å². The van der Waals surface area contributed by atoms with E-state index in [1.807, 2.05) is 0 Å². The third-order valence-electron chi connectivity index (χ3n) is 2.46. The monoisotopic (exact) mass is 250 g/mol. The summed E-state index contributed by atoms with van der Waals surface area (Å²) in [5, 5.41) is 5.49. The Balaban J connectivity index is 2.38. The maximum atomic E-state index is 12.5. The Hall–Kier alpha value is -0.910. The maximum absolute atomic E-state index is 12.5. The first-order valence-electron chi connectivity index (χ1n) is 5.76. The number of halogens is 2. The smallest absolute Gasteiger partial charge is 0.407 e. The van der Waals surface area contributed by atoms with Crippen molar-refractivity contribution in [1.29, 1.82) is 0 Å². The number of piperidine rings is 1. The molecular weight excluding hydrogens is 230 g/mol. The molecular formula is C11H20F2N2O2. The molecule has 17 heavy (non-hydrogen) atoms. The largest absolute Gasteiger partial charge is 0.444 e. The lowest BCUT2D eigenvalue weighted by Gasteiger charge is -2.30. The lowest BCUT2D eigenvalue weighted by molar-refractivity contribution is 0.0378. The van der Waals surface area contributed by atoms with Crippen LogP contribution in [0.4, 0.5) is 13.6 Å². The Morgan fingerprint density at radius 2 is 2.06 bits per heavy atom. The van der Waals surface area contributed by atoms with E-state index in [0.29, 0.717) is 13.1 Å².